The molecule has 1 aliphatic heterocycles. The third-order valence-electron chi connectivity index (χ3n) is 5.44. The molecule has 1 saturated heterocycles. The largest absolute Gasteiger partial charge is 0.443 e. The minimum atomic E-state index is -0.523. The zero-order valence-corrected chi connectivity index (χ0v) is 18.7. The number of aromatic nitrogens is 1. The van der Waals surface area contributed by atoms with Gasteiger partial charge in [-0.2, -0.15) is 0 Å². The van der Waals surface area contributed by atoms with Gasteiger partial charge in [0, 0.05) is 18.3 Å². The van der Waals surface area contributed by atoms with E-state index < -0.39 is 5.60 Å². The number of hydrogen-bond donors (Lipinski definition) is 0. The number of unbranched alkanes of at least 4 members (excludes halogenated alkanes) is 1. The molecule has 5 nitrogen and oxygen atoms in total. The highest BCUT2D eigenvalue weighted by Crippen LogP contribution is 2.32. The van der Waals surface area contributed by atoms with Crippen molar-refractivity contribution in [3.05, 3.63) is 23.9 Å². The molecule has 2 heterocycles. The smallest absolute Gasteiger partial charge is 0.416 e. The molecule has 1 aliphatic rings. The molecule has 0 saturated carbocycles. The van der Waals surface area contributed by atoms with Gasteiger partial charge in [-0.15, -0.1) is 0 Å². The summed E-state index contributed by atoms with van der Waals surface area (Å²) in [5, 5.41) is 0. The van der Waals surface area contributed by atoms with Crippen LogP contribution in [0.4, 0.5) is 10.6 Å². The molecular formula is C23H39N3O2. The molecule has 5 heteroatoms. The quantitative estimate of drug-likeness (QED) is 0.578. The zero-order valence-electron chi connectivity index (χ0n) is 18.7. The van der Waals surface area contributed by atoms with Crippen LogP contribution in [-0.4, -0.2) is 40.7 Å². The fourth-order valence-electron chi connectivity index (χ4n) is 3.73. The number of rotatable bonds is 7. The molecule has 0 aliphatic carbocycles. The fourth-order valence-corrected chi connectivity index (χ4v) is 3.73. The summed E-state index contributed by atoms with van der Waals surface area (Å²) in [5.41, 5.74) is 0.734. The Labute approximate surface area is 171 Å². The van der Waals surface area contributed by atoms with Crippen LogP contribution in [0.25, 0.3) is 0 Å². The van der Waals surface area contributed by atoms with E-state index in [1.807, 2.05) is 40.0 Å². The molecule has 0 N–H and O–H groups in total. The van der Waals surface area contributed by atoms with Crippen LogP contribution in [0.2, 0.25) is 0 Å². The van der Waals surface area contributed by atoms with E-state index in [9.17, 15) is 4.79 Å². The number of hydrogen-bond acceptors (Lipinski definition) is 4. The molecule has 1 aromatic rings. The van der Waals surface area contributed by atoms with Crippen LogP contribution in [-0.2, 0) is 4.74 Å². The molecule has 0 spiro atoms. The maximum atomic E-state index is 12.8. The highest BCUT2D eigenvalue weighted by molar-refractivity contribution is 5.87. The Bertz CT molecular complexity index is 609. The van der Waals surface area contributed by atoms with Gasteiger partial charge < -0.3 is 4.74 Å². The summed E-state index contributed by atoms with van der Waals surface area (Å²) in [6, 6.07) is 4.61. The predicted octanol–water partition coefficient (Wildman–Crippen LogP) is 5.95. The van der Waals surface area contributed by atoms with Gasteiger partial charge in [-0.1, -0.05) is 32.8 Å². The lowest BCUT2D eigenvalue weighted by Gasteiger charge is -2.36. The fraction of sp³-hybridized carbons (Fsp3) is 0.739. The lowest BCUT2D eigenvalue weighted by atomic mass is 9.96. The molecule has 2 atom stereocenters. The number of carbonyl (C=O) groups is 1. The number of likely N-dealkylation sites (tertiary alicyclic amines) is 1. The van der Waals surface area contributed by atoms with E-state index in [0.717, 1.165) is 13.0 Å². The van der Waals surface area contributed by atoms with Crippen molar-refractivity contribution < 1.29 is 9.53 Å². The number of nitrogens with zero attached hydrogens (tertiary/aromatic N) is 3. The molecule has 2 rings (SSSR count). The number of amides is 1. The second kappa shape index (κ2) is 10.2. The average molecular weight is 390 g/mol. The SMILES string of the molecule is CCCCN1CCCC[C@H]1c1ccc(N(C(=O)OC(C)(C)C)[C@@H](C)CC)nc1. The first-order chi connectivity index (χ1) is 13.3. The van der Waals surface area contributed by atoms with E-state index >= 15 is 0 Å². The molecule has 0 bridgehead atoms. The minimum Gasteiger partial charge on any atom is -0.443 e. The molecule has 0 aromatic carbocycles. The van der Waals surface area contributed by atoms with Crippen molar-refractivity contribution in [1.82, 2.24) is 9.88 Å². The van der Waals surface area contributed by atoms with Gasteiger partial charge in [-0.3, -0.25) is 9.80 Å². The van der Waals surface area contributed by atoms with Crippen LogP contribution < -0.4 is 4.90 Å². The Morgan fingerprint density at radius 3 is 2.64 bits per heavy atom. The number of piperidine rings is 1. The molecule has 28 heavy (non-hydrogen) atoms. The van der Waals surface area contributed by atoms with Gasteiger partial charge in [0.2, 0.25) is 0 Å². The Kier molecular flexibility index (Phi) is 8.29. The van der Waals surface area contributed by atoms with Crippen LogP contribution in [0, 0.1) is 0 Å². The zero-order chi connectivity index (χ0) is 20.7. The maximum absolute atomic E-state index is 12.8. The minimum absolute atomic E-state index is 0.0314. The second-order valence-corrected chi connectivity index (χ2v) is 8.96. The van der Waals surface area contributed by atoms with E-state index in [-0.39, 0.29) is 12.1 Å². The van der Waals surface area contributed by atoms with Crippen molar-refractivity contribution >= 4 is 11.9 Å². The van der Waals surface area contributed by atoms with Crippen LogP contribution in [0.15, 0.2) is 18.3 Å². The van der Waals surface area contributed by atoms with Crippen molar-refractivity contribution in [1.29, 1.82) is 0 Å². The highest BCUT2D eigenvalue weighted by Gasteiger charge is 2.28. The Morgan fingerprint density at radius 2 is 2.07 bits per heavy atom. The summed E-state index contributed by atoms with van der Waals surface area (Å²) in [6.45, 7) is 14.4. The van der Waals surface area contributed by atoms with E-state index in [0.29, 0.717) is 11.9 Å². The predicted molar refractivity (Wildman–Crippen MR) is 116 cm³/mol. The average Bonchev–Trinajstić information content (AvgIpc) is 2.65. The van der Waals surface area contributed by atoms with Gasteiger partial charge in [0.15, 0.2) is 0 Å². The third-order valence-corrected chi connectivity index (χ3v) is 5.44. The summed E-state index contributed by atoms with van der Waals surface area (Å²) >= 11 is 0. The lowest BCUT2D eigenvalue weighted by Crippen LogP contribution is -2.42. The van der Waals surface area contributed by atoms with Crippen molar-refractivity contribution in [3.8, 4) is 0 Å². The van der Waals surface area contributed by atoms with Crippen molar-refractivity contribution in [3.63, 3.8) is 0 Å². The summed E-state index contributed by atoms with van der Waals surface area (Å²) in [6.07, 6.45) is 8.68. The first-order valence-corrected chi connectivity index (χ1v) is 11.0. The topological polar surface area (TPSA) is 45.7 Å². The van der Waals surface area contributed by atoms with E-state index in [2.05, 4.69) is 29.8 Å². The number of ether oxygens (including phenoxy) is 1. The van der Waals surface area contributed by atoms with Crippen LogP contribution in [0.3, 0.4) is 0 Å². The molecule has 0 unspecified atom stereocenters. The number of anilines is 1. The Balaban J connectivity index is 2.20. The lowest BCUT2D eigenvalue weighted by molar-refractivity contribution is 0.0566. The summed E-state index contributed by atoms with van der Waals surface area (Å²) < 4.78 is 5.62. The van der Waals surface area contributed by atoms with Gasteiger partial charge >= 0.3 is 6.09 Å². The van der Waals surface area contributed by atoms with Crippen molar-refractivity contribution in [2.75, 3.05) is 18.0 Å². The Morgan fingerprint density at radius 1 is 1.32 bits per heavy atom. The molecule has 158 valence electrons. The molecule has 1 fully saturated rings. The van der Waals surface area contributed by atoms with Gasteiger partial charge in [0.25, 0.3) is 0 Å². The first kappa shape index (κ1) is 22.7. The van der Waals surface area contributed by atoms with Gasteiger partial charge in [0.05, 0.1) is 0 Å². The monoisotopic (exact) mass is 389 g/mol. The normalized spacial score (nSPS) is 19.3. The second-order valence-electron chi connectivity index (χ2n) is 8.96. The Hall–Kier alpha value is -1.62. The third kappa shape index (κ3) is 6.20. The van der Waals surface area contributed by atoms with E-state index in [4.69, 9.17) is 4.74 Å². The molecule has 1 amide bonds. The molecule has 0 radical (unpaired) electrons. The van der Waals surface area contributed by atoms with Gasteiger partial charge in [0.1, 0.15) is 11.4 Å². The summed E-state index contributed by atoms with van der Waals surface area (Å²) in [5.74, 6) is 0.670. The van der Waals surface area contributed by atoms with Crippen LogP contribution in [0.1, 0.15) is 91.7 Å². The van der Waals surface area contributed by atoms with Gasteiger partial charge in [-0.05, 0) is 78.1 Å². The van der Waals surface area contributed by atoms with E-state index in [1.54, 1.807) is 4.90 Å². The van der Waals surface area contributed by atoms with Crippen molar-refractivity contribution in [2.24, 2.45) is 0 Å². The van der Waals surface area contributed by atoms with E-state index in [1.165, 1.54) is 44.2 Å². The number of pyridine rings is 1. The van der Waals surface area contributed by atoms with Crippen LogP contribution >= 0.6 is 0 Å². The number of carbonyl (C=O) groups excluding carboxylic acids is 1. The van der Waals surface area contributed by atoms with Crippen molar-refractivity contribution in [2.45, 2.75) is 97.8 Å². The first-order valence-electron chi connectivity index (χ1n) is 11.0. The van der Waals surface area contributed by atoms with Gasteiger partial charge in [-0.25, -0.2) is 9.78 Å². The standard InChI is InChI=1S/C23H39N3O2/c1-7-9-15-25-16-11-10-12-20(25)19-13-14-21(24-17-19)26(18(3)8-2)22(27)28-23(4,5)6/h13-14,17-18,20H,7-12,15-16H2,1-6H3/t18-,20-/m0/s1. The maximum Gasteiger partial charge on any atom is 0.416 e. The summed E-state index contributed by atoms with van der Waals surface area (Å²) in [4.78, 5) is 21.7. The molecule has 1 aromatic heterocycles. The van der Waals surface area contributed by atoms with Crippen LogP contribution in [0.5, 0.6) is 0 Å². The highest BCUT2D eigenvalue weighted by atomic mass is 16.6. The molecular weight excluding hydrogens is 350 g/mol. The summed E-state index contributed by atoms with van der Waals surface area (Å²) in [7, 11) is 0.